The molecule has 1 aromatic rings. The molecule has 1 amide bonds. The van der Waals surface area contributed by atoms with Gasteiger partial charge in [0.05, 0.1) is 0 Å². The number of amides is 1. The van der Waals surface area contributed by atoms with Crippen molar-refractivity contribution in [3.8, 4) is 11.5 Å². The van der Waals surface area contributed by atoms with E-state index in [1.54, 1.807) is 6.08 Å². The third kappa shape index (κ3) is 5.38. The van der Waals surface area contributed by atoms with Crippen LogP contribution in [0.5, 0.6) is 11.5 Å². The number of piperidine rings is 1. The highest BCUT2D eigenvalue weighted by molar-refractivity contribution is 5.87. The van der Waals surface area contributed by atoms with E-state index in [2.05, 4.69) is 12.2 Å². The second-order valence-electron chi connectivity index (χ2n) is 6.59. The minimum absolute atomic E-state index is 0.183. The highest BCUT2D eigenvalue weighted by Crippen LogP contribution is 2.32. The predicted octanol–water partition coefficient (Wildman–Crippen LogP) is 4.56. The summed E-state index contributed by atoms with van der Waals surface area (Å²) in [6, 6.07) is 6.00. The molecule has 1 aromatic carbocycles. The Bertz CT molecular complexity index is 630. The number of hydrogen-bond donors (Lipinski definition) is 0. The molecule has 2 aliphatic rings. The number of unbranched alkanes of at least 4 members (excludes halogenated alkanes) is 3. The van der Waals surface area contributed by atoms with Crippen molar-refractivity contribution in [1.29, 1.82) is 0 Å². The van der Waals surface area contributed by atoms with E-state index >= 15 is 0 Å². The molecule has 0 aromatic heterocycles. The maximum atomic E-state index is 12.0. The number of allylic oxidation sites excluding steroid dienone is 2. The summed E-state index contributed by atoms with van der Waals surface area (Å²) in [5.74, 6) is 1.83. The van der Waals surface area contributed by atoms with Crippen LogP contribution in [0.15, 0.2) is 36.4 Å². The van der Waals surface area contributed by atoms with E-state index in [1.807, 2.05) is 29.2 Å². The molecule has 4 nitrogen and oxygen atoms in total. The van der Waals surface area contributed by atoms with E-state index in [-0.39, 0.29) is 5.91 Å². The summed E-state index contributed by atoms with van der Waals surface area (Å²) in [5, 5.41) is 0. The lowest BCUT2D eigenvalue weighted by atomic mass is 10.1. The van der Waals surface area contributed by atoms with E-state index < -0.39 is 0 Å². The average molecular weight is 341 g/mol. The first-order chi connectivity index (χ1) is 12.3. The van der Waals surface area contributed by atoms with Crippen LogP contribution in [0.2, 0.25) is 0 Å². The quantitative estimate of drug-likeness (QED) is 0.539. The van der Waals surface area contributed by atoms with Gasteiger partial charge in [0.15, 0.2) is 11.5 Å². The Morgan fingerprint density at radius 2 is 1.76 bits per heavy atom. The standard InChI is InChI=1S/C21H27NO3/c23-21(22-14-8-5-9-15-22)11-7-4-2-1-3-6-10-18-12-13-19-20(16-18)25-17-24-19/h6-7,10-13,16H,1-5,8-9,14-15,17H2/b10-6+,11-7+. The highest BCUT2D eigenvalue weighted by atomic mass is 16.7. The lowest BCUT2D eigenvalue weighted by Crippen LogP contribution is -2.34. The summed E-state index contributed by atoms with van der Waals surface area (Å²) in [7, 11) is 0. The molecule has 0 spiro atoms. The summed E-state index contributed by atoms with van der Waals surface area (Å²) < 4.78 is 10.7. The average Bonchev–Trinajstić information content (AvgIpc) is 3.12. The van der Waals surface area contributed by atoms with Gasteiger partial charge in [-0.3, -0.25) is 4.79 Å². The van der Waals surface area contributed by atoms with Gasteiger partial charge in [-0.25, -0.2) is 0 Å². The second kappa shape index (κ2) is 9.30. The summed E-state index contributed by atoms with van der Waals surface area (Å²) in [6.45, 7) is 2.16. The van der Waals surface area contributed by atoms with Crippen LogP contribution in [0.25, 0.3) is 6.08 Å². The first-order valence-electron chi connectivity index (χ1n) is 9.34. The molecule has 2 heterocycles. The maximum Gasteiger partial charge on any atom is 0.246 e. The molecule has 0 unspecified atom stereocenters. The van der Waals surface area contributed by atoms with Crippen molar-refractivity contribution in [3.05, 3.63) is 42.0 Å². The molecule has 0 aliphatic carbocycles. The zero-order chi connectivity index (χ0) is 17.3. The molecule has 0 N–H and O–H groups in total. The van der Waals surface area contributed by atoms with Crippen LogP contribution in [0.4, 0.5) is 0 Å². The number of carbonyl (C=O) groups excluding carboxylic acids is 1. The second-order valence-corrected chi connectivity index (χ2v) is 6.59. The Balaban J connectivity index is 1.29. The zero-order valence-corrected chi connectivity index (χ0v) is 14.8. The molecule has 0 atom stereocenters. The molecule has 25 heavy (non-hydrogen) atoms. The van der Waals surface area contributed by atoms with Crippen molar-refractivity contribution in [2.75, 3.05) is 19.9 Å². The van der Waals surface area contributed by atoms with Crippen LogP contribution in [-0.4, -0.2) is 30.7 Å². The first-order valence-corrected chi connectivity index (χ1v) is 9.34. The van der Waals surface area contributed by atoms with Crippen molar-refractivity contribution in [1.82, 2.24) is 4.90 Å². The fraction of sp³-hybridized carbons (Fsp3) is 0.476. The summed E-state index contributed by atoms with van der Waals surface area (Å²) >= 11 is 0. The molecule has 1 fully saturated rings. The van der Waals surface area contributed by atoms with Crippen LogP contribution in [0, 0.1) is 0 Å². The first kappa shape index (κ1) is 17.6. The lowest BCUT2D eigenvalue weighted by Gasteiger charge is -2.25. The number of nitrogens with zero attached hydrogens (tertiary/aromatic N) is 1. The van der Waals surface area contributed by atoms with Crippen molar-refractivity contribution < 1.29 is 14.3 Å². The zero-order valence-electron chi connectivity index (χ0n) is 14.8. The molecule has 1 saturated heterocycles. The topological polar surface area (TPSA) is 38.8 Å². The van der Waals surface area contributed by atoms with Crippen molar-refractivity contribution in [2.24, 2.45) is 0 Å². The molecule has 0 bridgehead atoms. The van der Waals surface area contributed by atoms with Gasteiger partial charge in [-0.15, -0.1) is 0 Å². The van der Waals surface area contributed by atoms with E-state index in [1.165, 1.54) is 6.42 Å². The molecular weight excluding hydrogens is 314 g/mol. The minimum atomic E-state index is 0.183. The molecule has 0 saturated carbocycles. The van der Waals surface area contributed by atoms with Gasteiger partial charge in [-0.2, -0.15) is 0 Å². The van der Waals surface area contributed by atoms with Gasteiger partial charge in [0.2, 0.25) is 12.7 Å². The van der Waals surface area contributed by atoms with Gasteiger partial charge in [0, 0.05) is 13.1 Å². The molecular formula is C21H27NO3. The van der Waals surface area contributed by atoms with E-state index in [9.17, 15) is 4.79 Å². The monoisotopic (exact) mass is 341 g/mol. The Hall–Kier alpha value is -2.23. The summed E-state index contributed by atoms with van der Waals surface area (Å²) in [6.07, 6.45) is 15.9. The molecule has 0 radical (unpaired) electrons. The van der Waals surface area contributed by atoms with Crippen molar-refractivity contribution in [3.63, 3.8) is 0 Å². The largest absolute Gasteiger partial charge is 0.454 e. The van der Waals surface area contributed by atoms with E-state index in [0.29, 0.717) is 6.79 Å². The molecule has 4 heteroatoms. The predicted molar refractivity (Wildman–Crippen MR) is 99.6 cm³/mol. The fourth-order valence-electron chi connectivity index (χ4n) is 3.16. The number of hydrogen-bond acceptors (Lipinski definition) is 3. The molecule has 2 aliphatic heterocycles. The van der Waals surface area contributed by atoms with Gasteiger partial charge < -0.3 is 14.4 Å². The van der Waals surface area contributed by atoms with Gasteiger partial charge in [0.25, 0.3) is 0 Å². The molecule has 3 rings (SSSR count). The SMILES string of the molecule is O=C(/C=C/CCCC/C=C/c1ccc2c(c1)OCO2)N1CCCCC1. The van der Waals surface area contributed by atoms with Crippen LogP contribution in [0.1, 0.15) is 50.5 Å². The van der Waals surface area contributed by atoms with Gasteiger partial charge >= 0.3 is 0 Å². The highest BCUT2D eigenvalue weighted by Gasteiger charge is 2.13. The van der Waals surface area contributed by atoms with Crippen LogP contribution >= 0.6 is 0 Å². The van der Waals surface area contributed by atoms with E-state index in [0.717, 1.165) is 68.7 Å². The number of rotatable bonds is 7. The van der Waals surface area contributed by atoms with Crippen LogP contribution in [0.3, 0.4) is 0 Å². The third-order valence-corrected chi connectivity index (χ3v) is 4.63. The Morgan fingerprint density at radius 1 is 1.00 bits per heavy atom. The van der Waals surface area contributed by atoms with Crippen molar-refractivity contribution in [2.45, 2.75) is 44.9 Å². The molecule has 134 valence electrons. The summed E-state index contributed by atoms with van der Waals surface area (Å²) in [4.78, 5) is 13.9. The fourth-order valence-corrected chi connectivity index (χ4v) is 3.16. The number of likely N-dealkylation sites (tertiary alicyclic amines) is 1. The normalized spacial score (nSPS) is 16.9. The minimum Gasteiger partial charge on any atom is -0.454 e. The summed E-state index contributed by atoms with van der Waals surface area (Å²) in [5.41, 5.74) is 1.14. The Morgan fingerprint density at radius 3 is 2.60 bits per heavy atom. The third-order valence-electron chi connectivity index (χ3n) is 4.63. The number of carbonyl (C=O) groups is 1. The van der Waals surface area contributed by atoms with Crippen molar-refractivity contribution >= 4 is 12.0 Å². The Kier molecular flexibility index (Phi) is 6.55. The van der Waals surface area contributed by atoms with Crippen LogP contribution in [-0.2, 0) is 4.79 Å². The van der Waals surface area contributed by atoms with E-state index in [4.69, 9.17) is 9.47 Å². The maximum absolute atomic E-state index is 12.0. The smallest absolute Gasteiger partial charge is 0.246 e. The van der Waals surface area contributed by atoms with Gasteiger partial charge in [-0.1, -0.05) is 24.3 Å². The number of ether oxygens (including phenoxy) is 2. The van der Waals surface area contributed by atoms with Gasteiger partial charge in [-0.05, 0) is 68.7 Å². The lowest BCUT2D eigenvalue weighted by molar-refractivity contribution is -0.126. The van der Waals surface area contributed by atoms with Crippen LogP contribution < -0.4 is 9.47 Å². The number of fused-ring (bicyclic) bond motifs is 1. The van der Waals surface area contributed by atoms with Gasteiger partial charge in [0.1, 0.15) is 0 Å². The number of benzene rings is 1. The Labute approximate surface area is 150 Å².